The van der Waals surface area contributed by atoms with E-state index in [1.54, 1.807) is 0 Å². The van der Waals surface area contributed by atoms with E-state index in [9.17, 15) is 0 Å². The Morgan fingerprint density at radius 1 is 0.480 bits per heavy atom. The van der Waals surface area contributed by atoms with Gasteiger partial charge in [-0.3, -0.25) is 0 Å². The van der Waals surface area contributed by atoms with Gasteiger partial charge in [-0.25, -0.2) is 0 Å². The van der Waals surface area contributed by atoms with Crippen LogP contribution in [0.3, 0.4) is 0 Å². The maximum absolute atomic E-state index is 5.41. The smallest absolute Gasteiger partial charge is 1.00 e. The third kappa shape index (κ3) is 4.56. The summed E-state index contributed by atoms with van der Waals surface area (Å²) in [4.78, 5) is 0. The first-order chi connectivity index (χ1) is 23.7. The van der Waals surface area contributed by atoms with Gasteiger partial charge < -0.3 is 24.8 Å². The van der Waals surface area contributed by atoms with Crippen LogP contribution in [0.4, 0.5) is 0 Å². The number of fused-ring (bicyclic) bond motifs is 2. The Kier molecular flexibility index (Phi) is 8.47. The fourth-order valence-electron chi connectivity index (χ4n) is 9.64. The summed E-state index contributed by atoms with van der Waals surface area (Å²) in [5.74, 6) is 0. The van der Waals surface area contributed by atoms with Gasteiger partial charge in [-0.1, -0.05) is 0 Å². The molecule has 2 atom stereocenters. The van der Waals surface area contributed by atoms with E-state index in [1.165, 1.54) is 99.5 Å². The summed E-state index contributed by atoms with van der Waals surface area (Å²) in [7, 11) is 0. The van der Waals surface area contributed by atoms with Gasteiger partial charge in [0.2, 0.25) is 0 Å². The van der Waals surface area contributed by atoms with E-state index in [2.05, 4.69) is 147 Å². The number of rotatable bonds is 6. The molecule has 0 aromatic heterocycles. The van der Waals surface area contributed by atoms with Crippen molar-refractivity contribution in [3.8, 4) is 0 Å². The molecule has 0 aliphatic heterocycles. The molecule has 0 N–H and O–H groups in total. The second-order valence-corrected chi connectivity index (χ2v) is 19.4. The minimum absolute atomic E-state index is 0. The third-order valence-electron chi connectivity index (χ3n) is 11.5. The van der Waals surface area contributed by atoms with Crippen LogP contribution in [0.5, 0.6) is 0 Å². The molecular formula is C47H36Cl2Zr. The Morgan fingerprint density at radius 2 is 0.860 bits per heavy atom. The van der Waals surface area contributed by atoms with Crippen molar-refractivity contribution in [2.24, 2.45) is 0 Å². The van der Waals surface area contributed by atoms with E-state index >= 15 is 0 Å². The predicted octanol–water partition coefficient (Wildman–Crippen LogP) is 6.30. The molecule has 0 spiro atoms. The van der Waals surface area contributed by atoms with Gasteiger partial charge in [0.15, 0.2) is 0 Å². The number of benzene rings is 6. The average molecular weight is 763 g/mol. The van der Waals surface area contributed by atoms with Crippen LogP contribution in [0.25, 0.3) is 56.0 Å². The summed E-state index contributed by atoms with van der Waals surface area (Å²) in [6.45, 7) is 4.68. The van der Waals surface area contributed by atoms with Crippen LogP contribution in [0, 0.1) is 0 Å². The van der Waals surface area contributed by atoms with E-state index in [0.717, 1.165) is 12.8 Å². The van der Waals surface area contributed by atoms with Crippen LogP contribution >= 0.6 is 0 Å². The molecule has 0 saturated heterocycles. The normalized spacial score (nSPS) is 17.6. The molecular weight excluding hydrogens is 727 g/mol. The summed E-state index contributed by atoms with van der Waals surface area (Å²) in [6.07, 6.45) is 7.14. The van der Waals surface area contributed by atoms with E-state index in [-0.39, 0.29) is 24.8 Å². The van der Waals surface area contributed by atoms with Gasteiger partial charge in [0, 0.05) is 0 Å². The molecule has 10 rings (SSSR count). The Hall–Kier alpha value is -3.87. The van der Waals surface area contributed by atoms with Crippen LogP contribution < -0.4 is 24.8 Å². The molecule has 0 bridgehead atoms. The topological polar surface area (TPSA) is 0 Å². The molecule has 0 amide bonds. The van der Waals surface area contributed by atoms with Crippen LogP contribution in [0.2, 0.25) is 0 Å². The third-order valence-corrected chi connectivity index (χ3v) is 18.2. The summed E-state index contributed by atoms with van der Waals surface area (Å²) >= 11 is -2.71. The van der Waals surface area contributed by atoms with Crippen LogP contribution in [0.1, 0.15) is 78.4 Å². The van der Waals surface area contributed by atoms with Crippen molar-refractivity contribution in [3.05, 3.63) is 177 Å². The Balaban J connectivity index is 0.00000180. The monoisotopic (exact) mass is 760 g/mol. The van der Waals surface area contributed by atoms with Gasteiger partial charge in [0.05, 0.1) is 0 Å². The van der Waals surface area contributed by atoms with Crippen molar-refractivity contribution < 1.29 is 46.1 Å². The predicted molar refractivity (Wildman–Crippen MR) is 204 cm³/mol. The van der Waals surface area contributed by atoms with Crippen LogP contribution in [-0.4, -0.2) is 4.21 Å². The van der Waals surface area contributed by atoms with Crippen molar-refractivity contribution in [1.29, 1.82) is 0 Å². The Morgan fingerprint density at radius 3 is 1.26 bits per heavy atom. The summed E-state index contributed by atoms with van der Waals surface area (Å²) in [6, 6.07) is 46.0. The fraction of sp³-hybridized carbons (Fsp3) is 0.128. The maximum atomic E-state index is 5.41. The molecule has 4 aliphatic rings. The van der Waals surface area contributed by atoms with Gasteiger partial charge >= 0.3 is 292 Å². The Labute approximate surface area is 314 Å². The van der Waals surface area contributed by atoms with E-state index in [0.29, 0.717) is 7.25 Å². The zero-order valence-corrected chi connectivity index (χ0v) is 32.2. The van der Waals surface area contributed by atoms with Crippen LogP contribution in [0.15, 0.2) is 132 Å². The standard InChI is InChI=1S/2C23H17.CH2.2ClH.Zr/c2*1-2-19-20-11-5-9-15-10-6-12-21(22(15)20)23(19)18-13-16-7-3-4-8-17(16)14-18;;;;/h2*3-14H,2H2,1H3;1H2;2*1H;/q;;;;;+2/p-2. The number of hydrogen-bond donors (Lipinski definition) is 0. The second-order valence-electron chi connectivity index (χ2n) is 13.7. The van der Waals surface area contributed by atoms with Gasteiger partial charge in [0.1, 0.15) is 0 Å². The zero-order chi connectivity index (χ0) is 32.1. The van der Waals surface area contributed by atoms with Gasteiger partial charge in [-0.05, 0) is 0 Å². The molecule has 2 unspecified atom stereocenters. The molecule has 50 heavy (non-hydrogen) atoms. The minimum Gasteiger partial charge on any atom is -1.00 e. The minimum atomic E-state index is -2.71. The molecule has 0 radical (unpaired) electrons. The first-order valence-electron chi connectivity index (χ1n) is 17.5. The average Bonchev–Trinajstić information content (AvgIpc) is 3.87. The van der Waals surface area contributed by atoms with Crippen molar-refractivity contribution >= 4 is 60.2 Å². The van der Waals surface area contributed by atoms with Crippen LogP contribution in [-0.2, 0) is 21.3 Å². The first-order valence-corrected chi connectivity index (χ1v) is 22.1. The SMILES string of the molecule is [CH2]=[Zr+2]([CH]1C(C2=C(CC)c3cccc4cccc2c34)=Cc2ccccc21)[CH]1C(C2=C(CC)c3cccc4cccc2c34)=Cc2ccccc21.[Cl-].[Cl-]. The van der Waals surface area contributed by atoms with Gasteiger partial charge in [-0.15, -0.1) is 0 Å². The van der Waals surface area contributed by atoms with E-state index in [4.69, 9.17) is 4.21 Å². The molecule has 3 heteroatoms. The molecule has 6 aromatic rings. The summed E-state index contributed by atoms with van der Waals surface area (Å²) in [5.41, 5.74) is 20.4. The summed E-state index contributed by atoms with van der Waals surface area (Å²) < 4.78 is 6.12. The Bertz CT molecular complexity index is 2370. The number of hydrogen-bond acceptors (Lipinski definition) is 0. The molecule has 242 valence electrons. The molecule has 4 aliphatic carbocycles. The van der Waals surface area contributed by atoms with Gasteiger partial charge in [0.25, 0.3) is 0 Å². The maximum Gasteiger partial charge on any atom is -1.00 e. The number of halogens is 2. The zero-order valence-electron chi connectivity index (χ0n) is 28.2. The van der Waals surface area contributed by atoms with Crippen molar-refractivity contribution in [3.63, 3.8) is 0 Å². The number of allylic oxidation sites excluding steroid dienone is 6. The van der Waals surface area contributed by atoms with E-state index < -0.39 is 21.3 Å². The molecule has 0 nitrogen and oxygen atoms in total. The molecule has 0 saturated carbocycles. The van der Waals surface area contributed by atoms with Crippen molar-refractivity contribution in [1.82, 2.24) is 0 Å². The van der Waals surface area contributed by atoms with Gasteiger partial charge in [-0.2, -0.15) is 0 Å². The molecule has 0 fully saturated rings. The largest absolute Gasteiger partial charge is 1.00 e. The molecule has 0 heterocycles. The van der Waals surface area contributed by atoms with Crippen molar-refractivity contribution in [2.75, 3.05) is 0 Å². The summed E-state index contributed by atoms with van der Waals surface area (Å²) in [5, 5.41) is 5.54. The first kappa shape index (κ1) is 33.3. The van der Waals surface area contributed by atoms with E-state index in [1.807, 2.05) is 0 Å². The molecule has 6 aromatic carbocycles. The fourth-order valence-corrected chi connectivity index (χ4v) is 16.8. The van der Waals surface area contributed by atoms with Crippen molar-refractivity contribution in [2.45, 2.75) is 33.9 Å². The second kappa shape index (κ2) is 12.7. The quantitative estimate of drug-likeness (QED) is 0.187.